The first kappa shape index (κ1) is 12.5. The van der Waals surface area contributed by atoms with Gasteiger partial charge in [0.2, 0.25) is 5.91 Å². The number of nitrogens with zero attached hydrogens (tertiary/aromatic N) is 1. The van der Waals surface area contributed by atoms with Crippen LogP contribution in [0.3, 0.4) is 0 Å². The average Bonchev–Trinajstić information content (AvgIpc) is 2.70. The maximum absolute atomic E-state index is 12.1. The van der Waals surface area contributed by atoms with Gasteiger partial charge in [0.15, 0.2) is 0 Å². The van der Waals surface area contributed by atoms with Crippen LogP contribution >= 0.6 is 12.6 Å². The van der Waals surface area contributed by atoms with Crippen LogP contribution in [0.2, 0.25) is 0 Å². The Morgan fingerprint density at radius 3 is 2.82 bits per heavy atom. The fraction of sp³-hybridized carbons (Fsp3) is 0.500. The van der Waals surface area contributed by atoms with Crippen molar-refractivity contribution < 1.29 is 4.79 Å². The van der Waals surface area contributed by atoms with E-state index in [4.69, 9.17) is 0 Å². The Morgan fingerprint density at radius 1 is 1.47 bits per heavy atom. The zero-order valence-electron chi connectivity index (χ0n) is 10.4. The SMILES string of the molecule is CCc1cccc(C)c1N1CC(CS)CC1=O. The highest BCUT2D eigenvalue weighted by molar-refractivity contribution is 7.80. The lowest BCUT2D eigenvalue weighted by Gasteiger charge is -2.22. The molecule has 1 saturated heterocycles. The number of aryl methyl sites for hydroxylation is 2. The van der Waals surface area contributed by atoms with Crippen LogP contribution in [0.15, 0.2) is 18.2 Å². The van der Waals surface area contributed by atoms with E-state index < -0.39 is 0 Å². The molecule has 1 fully saturated rings. The van der Waals surface area contributed by atoms with Crippen LogP contribution in [0.1, 0.15) is 24.5 Å². The number of carbonyl (C=O) groups excluding carboxylic acids is 1. The van der Waals surface area contributed by atoms with Crippen molar-refractivity contribution in [2.75, 3.05) is 17.2 Å². The first-order valence-electron chi connectivity index (χ1n) is 6.17. The molecule has 1 unspecified atom stereocenters. The Morgan fingerprint density at radius 2 is 2.24 bits per heavy atom. The molecule has 0 saturated carbocycles. The molecule has 17 heavy (non-hydrogen) atoms. The fourth-order valence-electron chi connectivity index (χ4n) is 2.51. The summed E-state index contributed by atoms with van der Waals surface area (Å²) in [5, 5.41) is 0. The average molecular weight is 249 g/mol. The van der Waals surface area contributed by atoms with Crippen molar-refractivity contribution >= 4 is 24.2 Å². The van der Waals surface area contributed by atoms with Crippen LogP contribution in [0.4, 0.5) is 5.69 Å². The Hall–Kier alpha value is -0.960. The van der Waals surface area contributed by atoms with Crippen LogP contribution < -0.4 is 4.90 Å². The quantitative estimate of drug-likeness (QED) is 0.817. The van der Waals surface area contributed by atoms with E-state index >= 15 is 0 Å². The lowest BCUT2D eigenvalue weighted by Crippen LogP contribution is -2.26. The first-order valence-corrected chi connectivity index (χ1v) is 6.80. The third-order valence-corrected chi connectivity index (χ3v) is 3.95. The van der Waals surface area contributed by atoms with Gasteiger partial charge in [-0.25, -0.2) is 0 Å². The number of benzene rings is 1. The molecule has 0 bridgehead atoms. The summed E-state index contributed by atoms with van der Waals surface area (Å²) in [6, 6.07) is 6.26. The van der Waals surface area contributed by atoms with Gasteiger partial charge in [0.1, 0.15) is 0 Å². The van der Waals surface area contributed by atoms with Gasteiger partial charge in [-0.1, -0.05) is 25.1 Å². The molecule has 0 radical (unpaired) electrons. The monoisotopic (exact) mass is 249 g/mol. The molecule has 0 aliphatic carbocycles. The van der Waals surface area contributed by atoms with E-state index in [0.29, 0.717) is 12.3 Å². The van der Waals surface area contributed by atoms with Crippen molar-refractivity contribution in [1.82, 2.24) is 0 Å². The summed E-state index contributed by atoms with van der Waals surface area (Å²) >= 11 is 4.31. The van der Waals surface area contributed by atoms with Gasteiger partial charge in [0, 0.05) is 18.7 Å². The Kier molecular flexibility index (Phi) is 3.77. The summed E-state index contributed by atoms with van der Waals surface area (Å²) in [7, 11) is 0. The molecule has 2 nitrogen and oxygen atoms in total. The normalized spacial score (nSPS) is 20.1. The van der Waals surface area contributed by atoms with Crippen LogP contribution in [0.5, 0.6) is 0 Å². The maximum Gasteiger partial charge on any atom is 0.227 e. The van der Waals surface area contributed by atoms with Gasteiger partial charge in [0.25, 0.3) is 0 Å². The third-order valence-electron chi connectivity index (χ3n) is 3.44. The van der Waals surface area contributed by atoms with Crippen LogP contribution in [-0.4, -0.2) is 18.2 Å². The van der Waals surface area contributed by atoms with E-state index in [1.165, 1.54) is 11.1 Å². The molecule has 2 rings (SSSR count). The van der Waals surface area contributed by atoms with Crippen LogP contribution in [-0.2, 0) is 11.2 Å². The van der Waals surface area contributed by atoms with Crippen molar-refractivity contribution in [3.63, 3.8) is 0 Å². The summed E-state index contributed by atoms with van der Waals surface area (Å²) in [5.41, 5.74) is 3.58. The summed E-state index contributed by atoms with van der Waals surface area (Å²) in [6.07, 6.45) is 1.60. The van der Waals surface area contributed by atoms with Crippen LogP contribution in [0.25, 0.3) is 0 Å². The highest BCUT2D eigenvalue weighted by Crippen LogP contribution is 2.31. The molecular formula is C14H19NOS. The molecule has 1 heterocycles. The van der Waals surface area contributed by atoms with E-state index in [0.717, 1.165) is 24.4 Å². The van der Waals surface area contributed by atoms with E-state index in [-0.39, 0.29) is 5.91 Å². The first-order chi connectivity index (χ1) is 8.17. The molecule has 1 aromatic rings. The predicted molar refractivity (Wildman–Crippen MR) is 74.9 cm³/mol. The number of para-hydroxylation sites is 1. The topological polar surface area (TPSA) is 20.3 Å². The van der Waals surface area contributed by atoms with Crippen molar-refractivity contribution in [2.45, 2.75) is 26.7 Å². The van der Waals surface area contributed by atoms with Gasteiger partial charge in [-0.15, -0.1) is 0 Å². The molecule has 1 aromatic carbocycles. The van der Waals surface area contributed by atoms with E-state index in [9.17, 15) is 4.79 Å². The lowest BCUT2D eigenvalue weighted by molar-refractivity contribution is -0.117. The van der Waals surface area contributed by atoms with Crippen molar-refractivity contribution in [2.24, 2.45) is 5.92 Å². The van der Waals surface area contributed by atoms with Crippen molar-refractivity contribution in [3.8, 4) is 0 Å². The number of anilines is 1. The summed E-state index contributed by atoms with van der Waals surface area (Å²) in [4.78, 5) is 14.0. The Labute approximate surface area is 108 Å². The number of rotatable bonds is 3. The smallest absolute Gasteiger partial charge is 0.227 e. The second-order valence-electron chi connectivity index (χ2n) is 4.69. The number of hydrogen-bond donors (Lipinski definition) is 1. The predicted octanol–water partition coefficient (Wildman–Crippen LogP) is 2.84. The highest BCUT2D eigenvalue weighted by Gasteiger charge is 2.31. The van der Waals surface area contributed by atoms with Gasteiger partial charge >= 0.3 is 0 Å². The van der Waals surface area contributed by atoms with Crippen molar-refractivity contribution in [1.29, 1.82) is 0 Å². The Bertz CT molecular complexity index is 430. The Balaban J connectivity index is 2.37. The zero-order chi connectivity index (χ0) is 12.4. The molecule has 0 aromatic heterocycles. The van der Waals surface area contributed by atoms with Crippen molar-refractivity contribution in [3.05, 3.63) is 29.3 Å². The maximum atomic E-state index is 12.1. The number of carbonyl (C=O) groups is 1. The summed E-state index contributed by atoms with van der Waals surface area (Å²) in [6.45, 7) is 5.03. The molecule has 1 aliphatic heterocycles. The molecular weight excluding hydrogens is 230 g/mol. The largest absolute Gasteiger partial charge is 0.312 e. The lowest BCUT2D eigenvalue weighted by atomic mass is 10.0. The minimum atomic E-state index is 0.244. The molecule has 1 amide bonds. The number of amides is 1. The highest BCUT2D eigenvalue weighted by atomic mass is 32.1. The molecule has 0 spiro atoms. The van der Waals surface area contributed by atoms with E-state index in [1.807, 2.05) is 4.90 Å². The van der Waals surface area contributed by atoms with Gasteiger partial charge in [-0.2, -0.15) is 12.6 Å². The van der Waals surface area contributed by atoms with Gasteiger partial charge in [-0.3, -0.25) is 4.79 Å². The second kappa shape index (κ2) is 5.13. The standard InChI is InChI=1S/C14H19NOS/c1-3-12-6-4-5-10(2)14(12)15-8-11(9-17)7-13(15)16/h4-6,11,17H,3,7-9H2,1-2H3. The van der Waals surface area contributed by atoms with Gasteiger partial charge in [0.05, 0.1) is 0 Å². The number of hydrogen-bond acceptors (Lipinski definition) is 2. The van der Waals surface area contributed by atoms with Crippen LogP contribution in [0, 0.1) is 12.8 Å². The minimum Gasteiger partial charge on any atom is -0.312 e. The summed E-state index contributed by atoms with van der Waals surface area (Å²) < 4.78 is 0. The van der Waals surface area contributed by atoms with E-state index in [1.54, 1.807) is 0 Å². The fourth-order valence-corrected chi connectivity index (χ4v) is 2.76. The second-order valence-corrected chi connectivity index (χ2v) is 5.06. The minimum absolute atomic E-state index is 0.244. The molecule has 3 heteroatoms. The summed E-state index contributed by atoms with van der Waals surface area (Å²) in [5.74, 6) is 1.43. The van der Waals surface area contributed by atoms with E-state index in [2.05, 4.69) is 44.7 Å². The number of thiol groups is 1. The molecule has 92 valence electrons. The van der Waals surface area contributed by atoms with Gasteiger partial charge in [-0.05, 0) is 36.1 Å². The molecule has 1 atom stereocenters. The van der Waals surface area contributed by atoms with Gasteiger partial charge < -0.3 is 4.90 Å². The third kappa shape index (κ3) is 2.34. The molecule has 1 aliphatic rings. The molecule has 0 N–H and O–H groups in total. The zero-order valence-corrected chi connectivity index (χ0v) is 11.3.